The molecule has 1 aliphatic rings. The molecule has 0 atom stereocenters. The minimum absolute atomic E-state index is 0.0553. The molecule has 0 amide bonds. The van der Waals surface area contributed by atoms with Crippen LogP contribution in [0.1, 0.15) is 35.2 Å². The van der Waals surface area contributed by atoms with E-state index in [1.807, 2.05) is 18.2 Å². The Hall–Kier alpha value is -2.14. The molecule has 2 N–H and O–H groups in total. The monoisotopic (exact) mass is 317 g/mol. The van der Waals surface area contributed by atoms with Crippen molar-refractivity contribution in [2.45, 2.75) is 24.7 Å². The maximum absolute atomic E-state index is 10.8. The second-order valence-electron chi connectivity index (χ2n) is 5.60. The molecule has 0 radical (unpaired) electrons. The first-order valence-electron chi connectivity index (χ1n) is 7.14. The highest BCUT2D eigenvalue weighted by atomic mass is 35.5. The molecule has 3 rings (SSSR count). The summed E-state index contributed by atoms with van der Waals surface area (Å²) in [6, 6.07) is 7.95. The number of halogens is 1. The third-order valence-electron chi connectivity index (χ3n) is 4.23. The molecule has 114 valence electrons. The van der Waals surface area contributed by atoms with Crippen LogP contribution in [0.3, 0.4) is 0 Å². The molecule has 1 saturated carbocycles. The fraction of sp³-hybridized carbons (Fsp3) is 0.312. The van der Waals surface area contributed by atoms with E-state index in [1.165, 1.54) is 24.4 Å². The molecule has 0 saturated heterocycles. The molecule has 0 aliphatic heterocycles. The van der Waals surface area contributed by atoms with E-state index in [4.69, 9.17) is 16.7 Å². The molecule has 2 aromatic rings. The fourth-order valence-corrected chi connectivity index (χ4v) is 2.96. The highest BCUT2D eigenvalue weighted by Crippen LogP contribution is 2.44. The lowest BCUT2D eigenvalue weighted by Crippen LogP contribution is -2.41. The first-order valence-corrected chi connectivity index (χ1v) is 7.52. The van der Waals surface area contributed by atoms with E-state index in [1.54, 1.807) is 0 Å². The molecule has 0 bridgehead atoms. The van der Waals surface area contributed by atoms with E-state index in [9.17, 15) is 4.79 Å². The van der Waals surface area contributed by atoms with Gasteiger partial charge in [-0.1, -0.05) is 30.2 Å². The largest absolute Gasteiger partial charge is 0.478 e. The van der Waals surface area contributed by atoms with Gasteiger partial charge in [-0.3, -0.25) is 0 Å². The van der Waals surface area contributed by atoms with Crippen LogP contribution in [0.25, 0.3) is 0 Å². The summed E-state index contributed by atoms with van der Waals surface area (Å²) in [6.45, 7) is 0.708. The fourth-order valence-electron chi connectivity index (χ4n) is 2.77. The Labute approximate surface area is 133 Å². The van der Waals surface area contributed by atoms with Crippen LogP contribution in [-0.2, 0) is 5.41 Å². The molecule has 5 nitrogen and oxygen atoms in total. The van der Waals surface area contributed by atoms with Gasteiger partial charge >= 0.3 is 5.97 Å². The van der Waals surface area contributed by atoms with Crippen molar-refractivity contribution >= 4 is 23.5 Å². The zero-order chi connectivity index (χ0) is 15.6. The normalized spacial score (nSPS) is 15.9. The van der Waals surface area contributed by atoms with Crippen molar-refractivity contribution in [3.05, 3.63) is 52.8 Å². The van der Waals surface area contributed by atoms with E-state index in [2.05, 4.69) is 21.4 Å². The number of rotatable bonds is 5. The number of nitrogens with zero attached hydrogens (tertiary/aromatic N) is 2. The molecule has 1 aliphatic carbocycles. The number of benzene rings is 1. The molecule has 6 heteroatoms. The van der Waals surface area contributed by atoms with E-state index in [0.717, 1.165) is 17.9 Å². The van der Waals surface area contributed by atoms with Crippen LogP contribution in [0.15, 0.2) is 36.7 Å². The van der Waals surface area contributed by atoms with Gasteiger partial charge in [0.25, 0.3) is 0 Å². The number of hydrogen-bond acceptors (Lipinski definition) is 4. The number of aromatic nitrogens is 2. The quantitative estimate of drug-likeness (QED) is 0.884. The second-order valence-corrected chi connectivity index (χ2v) is 6.03. The molecule has 22 heavy (non-hydrogen) atoms. The predicted octanol–water partition coefficient (Wildman–Crippen LogP) is 3.36. The molecule has 1 heterocycles. The molecular weight excluding hydrogens is 302 g/mol. The highest BCUT2D eigenvalue weighted by molar-refractivity contribution is 6.30. The summed E-state index contributed by atoms with van der Waals surface area (Å²) in [5.74, 6) is -0.584. The molecule has 1 fully saturated rings. The van der Waals surface area contributed by atoms with Crippen LogP contribution in [0.4, 0.5) is 5.95 Å². The van der Waals surface area contributed by atoms with Gasteiger partial charge in [-0.25, -0.2) is 14.8 Å². The van der Waals surface area contributed by atoms with Gasteiger partial charge in [0.2, 0.25) is 5.95 Å². The van der Waals surface area contributed by atoms with Crippen molar-refractivity contribution in [2.24, 2.45) is 0 Å². The first kappa shape index (κ1) is 14.8. The Balaban J connectivity index is 1.72. The van der Waals surface area contributed by atoms with Gasteiger partial charge in [-0.15, -0.1) is 0 Å². The number of carboxylic acids is 1. The second kappa shape index (κ2) is 5.93. The van der Waals surface area contributed by atoms with Gasteiger partial charge in [0.05, 0.1) is 5.56 Å². The van der Waals surface area contributed by atoms with Gasteiger partial charge < -0.3 is 10.4 Å². The van der Waals surface area contributed by atoms with Crippen molar-refractivity contribution < 1.29 is 9.90 Å². The molecular formula is C16H16ClN3O2. The van der Waals surface area contributed by atoms with Crippen LogP contribution >= 0.6 is 11.6 Å². The van der Waals surface area contributed by atoms with E-state index in [0.29, 0.717) is 12.5 Å². The molecule has 0 spiro atoms. The Morgan fingerprint density at radius 1 is 1.32 bits per heavy atom. The summed E-state index contributed by atoms with van der Waals surface area (Å²) in [5.41, 5.74) is 1.36. The summed E-state index contributed by atoms with van der Waals surface area (Å²) in [5, 5.41) is 12.8. The van der Waals surface area contributed by atoms with Crippen molar-refractivity contribution in [1.29, 1.82) is 0 Å². The van der Waals surface area contributed by atoms with Gasteiger partial charge in [0, 0.05) is 29.4 Å². The number of nitrogens with one attached hydrogen (secondary N) is 1. The number of hydrogen-bond donors (Lipinski definition) is 2. The molecule has 0 unspecified atom stereocenters. The first-order chi connectivity index (χ1) is 10.6. The van der Waals surface area contributed by atoms with Crippen molar-refractivity contribution in [2.75, 3.05) is 11.9 Å². The predicted molar refractivity (Wildman–Crippen MR) is 84.5 cm³/mol. The van der Waals surface area contributed by atoms with Gasteiger partial charge in [-0.05, 0) is 30.5 Å². The maximum atomic E-state index is 10.8. The number of carboxylic acid groups (broad SMARTS) is 1. The summed E-state index contributed by atoms with van der Waals surface area (Å²) in [6.07, 6.45) is 5.99. The standard InChI is InChI=1S/C16H16ClN3O2/c17-13-4-1-3-12(7-13)16(5-2-6-16)10-20-15-18-8-11(9-19-15)14(21)22/h1,3-4,7-9H,2,5-6,10H2,(H,21,22)(H,18,19,20). The van der Waals surface area contributed by atoms with Gasteiger partial charge in [0.15, 0.2) is 0 Å². The molecule has 1 aromatic carbocycles. The van der Waals surface area contributed by atoms with Crippen molar-refractivity contribution in [1.82, 2.24) is 9.97 Å². The summed E-state index contributed by atoms with van der Waals surface area (Å²) in [7, 11) is 0. The van der Waals surface area contributed by atoms with Gasteiger partial charge in [-0.2, -0.15) is 0 Å². The number of aromatic carboxylic acids is 1. The number of carbonyl (C=O) groups is 1. The lowest BCUT2D eigenvalue weighted by atomic mass is 9.64. The Morgan fingerprint density at radius 2 is 2.05 bits per heavy atom. The van der Waals surface area contributed by atoms with Crippen LogP contribution in [0.2, 0.25) is 5.02 Å². The number of anilines is 1. The SMILES string of the molecule is O=C(O)c1cnc(NCC2(c3cccc(Cl)c3)CCC2)nc1. The summed E-state index contributed by atoms with van der Waals surface area (Å²) >= 11 is 6.10. The average molecular weight is 318 g/mol. The van der Waals surface area contributed by atoms with E-state index in [-0.39, 0.29) is 11.0 Å². The minimum Gasteiger partial charge on any atom is -0.478 e. The topological polar surface area (TPSA) is 75.1 Å². The zero-order valence-electron chi connectivity index (χ0n) is 11.9. The highest BCUT2D eigenvalue weighted by Gasteiger charge is 2.38. The average Bonchev–Trinajstić information content (AvgIpc) is 2.47. The van der Waals surface area contributed by atoms with Crippen LogP contribution in [0, 0.1) is 0 Å². The lowest BCUT2D eigenvalue weighted by Gasteiger charge is -2.42. The third kappa shape index (κ3) is 2.90. The van der Waals surface area contributed by atoms with Crippen molar-refractivity contribution in [3.63, 3.8) is 0 Å². The summed E-state index contributed by atoms with van der Waals surface area (Å²) < 4.78 is 0. The van der Waals surface area contributed by atoms with Crippen LogP contribution in [0.5, 0.6) is 0 Å². The summed E-state index contributed by atoms with van der Waals surface area (Å²) in [4.78, 5) is 18.9. The third-order valence-corrected chi connectivity index (χ3v) is 4.47. The van der Waals surface area contributed by atoms with Gasteiger partial charge in [0.1, 0.15) is 0 Å². The zero-order valence-corrected chi connectivity index (χ0v) is 12.7. The van der Waals surface area contributed by atoms with E-state index >= 15 is 0 Å². The lowest BCUT2D eigenvalue weighted by molar-refractivity contribution is 0.0696. The van der Waals surface area contributed by atoms with E-state index < -0.39 is 5.97 Å². The minimum atomic E-state index is -1.03. The Bertz CT molecular complexity index is 684. The molecule has 1 aromatic heterocycles. The van der Waals surface area contributed by atoms with Crippen molar-refractivity contribution in [3.8, 4) is 0 Å². The van der Waals surface area contributed by atoms with Crippen LogP contribution in [-0.4, -0.2) is 27.6 Å². The Kier molecular flexibility index (Phi) is 3.98. The Morgan fingerprint density at radius 3 is 2.59 bits per heavy atom. The maximum Gasteiger partial charge on any atom is 0.338 e. The smallest absolute Gasteiger partial charge is 0.338 e. The van der Waals surface area contributed by atoms with Crippen LogP contribution < -0.4 is 5.32 Å².